The number of hydrogen-bond acceptors (Lipinski definition) is 4. The number of rotatable bonds is 8. The fraction of sp³-hybridized carbons (Fsp3) is 0.158. The molecule has 0 saturated carbocycles. The summed E-state index contributed by atoms with van der Waals surface area (Å²) < 4.78 is 12.2. The molecule has 2 aromatic carbocycles. The second kappa shape index (κ2) is 10.2. The van der Waals surface area contributed by atoms with Gasteiger partial charge in [-0.3, -0.25) is 4.79 Å². The Kier molecular flexibility index (Phi) is 7.93. The number of nitrogens with one attached hydrogen (secondary N) is 1. The molecule has 2 aromatic rings. The van der Waals surface area contributed by atoms with E-state index in [9.17, 15) is 4.79 Å². The van der Waals surface area contributed by atoms with Gasteiger partial charge in [-0.1, -0.05) is 24.3 Å². The molecule has 0 unspecified atom stereocenters. The van der Waals surface area contributed by atoms with Crippen molar-refractivity contribution in [2.75, 3.05) is 13.2 Å². The zero-order chi connectivity index (χ0) is 18.9. The number of carbonyl (C=O) groups is 1. The van der Waals surface area contributed by atoms with Gasteiger partial charge in [0.15, 0.2) is 11.5 Å². The Morgan fingerprint density at radius 2 is 2.04 bits per heavy atom. The molecule has 0 atom stereocenters. The first-order valence-corrected chi connectivity index (χ1v) is 9.29. The summed E-state index contributed by atoms with van der Waals surface area (Å²) in [5.41, 5.74) is 3.74. The second-order valence-electron chi connectivity index (χ2n) is 5.07. The highest BCUT2D eigenvalue weighted by atomic mass is 127. The molecule has 0 aliphatic heterocycles. The highest BCUT2D eigenvalue weighted by Crippen LogP contribution is 2.33. The molecule has 26 heavy (non-hydrogen) atoms. The quantitative estimate of drug-likeness (QED) is 0.256. The largest absolute Gasteiger partial charge is 0.490 e. The zero-order valence-electron chi connectivity index (χ0n) is 14.2. The summed E-state index contributed by atoms with van der Waals surface area (Å²) in [4.78, 5) is 12.0. The van der Waals surface area contributed by atoms with Gasteiger partial charge in [-0.15, -0.1) is 0 Å². The molecule has 0 fully saturated rings. The average molecular weight is 485 g/mol. The topological polar surface area (TPSA) is 59.9 Å². The van der Waals surface area contributed by atoms with Gasteiger partial charge in [-0.2, -0.15) is 5.10 Å². The minimum atomic E-state index is -0.316. The Morgan fingerprint density at radius 3 is 2.69 bits per heavy atom. The first-order valence-electron chi connectivity index (χ1n) is 7.84. The van der Waals surface area contributed by atoms with Crippen LogP contribution in [0, 0.1) is 3.57 Å². The van der Waals surface area contributed by atoms with Crippen LogP contribution in [-0.4, -0.2) is 25.3 Å². The van der Waals surface area contributed by atoms with Crippen molar-refractivity contribution >= 4 is 46.3 Å². The lowest BCUT2D eigenvalue weighted by Crippen LogP contribution is -2.17. The smallest absolute Gasteiger partial charge is 0.271 e. The summed E-state index contributed by atoms with van der Waals surface area (Å²) in [5.74, 6) is 0.963. The average Bonchev–Trinajstić information content (AvgIpc) is 2.62. The van der Waals surface area contributed by atoms with Gasteiger partial charge in [-0.25, -0.2) is 5.43 Å². The molecule has 0 aliphatic rings. The molecule has 0 saturated heterocycles. The highest BCUT2D eigenvalue weighted by molar-refractivity contribution is 14.1. The normalized spacial score (nSPS) is 10.6. The molecule has 0 aliphatic carbocycles. The number of amides is 1. The van der Waals surface area contributed by atoms with Crippen LogP contribution in [0.4, 0.5) is 0 Å². The van der Waals surface area contributed by atoms with Gasteiger partial charge in [-0.05, 0) is 71.5 Å². The third kappa shape index (κ3) is 5.74. The summed E-state index contributed by atoms with van der Waals surface area (Å²) in [6.07, 6.45) is 3.23. The summed E-state index contributed by atoms with van der Waals surface area (Å²) in [6, 6.07) is 10.3. The van der Waals surface area contributed by atoms with E-state index in [4.69, 9.17) is 21.1 Å². The maximum absolute atomic E-state index is 12.0. The molecule has 0 radical (unpaired) electrons. The van der Waals surface area contributed by atoms with E-state index < -0.39 is 0 Å². The molecule has 1 N–H and O–H groups in total. The summed E-state index contributed by atoms with van der Waals surface area (Å²) in [5, 5.41) is 4.57. The highest BCUT2D eigenvalue weighted by Gasteiger charge is 2.11. The fourth-order valence-corrected chi connectivity index (χ4v) is 2.95. The Hall–Kier alpha value is -2.06. The number of benzene rings is 2. The molecule has 0 spiro atoms. The molecule has 2 rings (SSSR count). The van der Waals surface area contributed by atoms with Crippen molar-refractivity contribution in [2.24, 2.45) is 5.10 Å². The van der Waals surface area contributed by atoms with Crippen LogP contribution in [0.5, 0.6) is 11.5 Å². The van der Waals surface area contributed by atoms with Crippen LogP contribution in [0.15, 0.2) is 54.2 Å². The number of nitrogens with zero attached hydrogens (tertiary/aromatic N) is 1. The monoisotopic (exact) mass is 484 g/mol. The Morgan fingerprint density at radius 1 is 1.31 bits per heavy atom. The van der Waals surface area contributed by atoms with E-state index in [2.05, 4.69) is 39.7 Å². The van der Waals surface area contributed by atoms with Gasteiger partial charge in [0.25, 0.3) is 5.91 Å². The van der Waals surface area contributed by atoms with Crippen LogP contribution >= 0.6 is 34.2 Å². The van der Waals surface area contributed by atoms with Crippen molar-refractivity contribution in [2.45, 2.75) is 6.92 Å². The molecule has 0 aromatic heterocycles. The molecule has 5 nitrogen and oxygen atoms in total. The van der Waals surface area contributed by atoms with Gasteiger partial charge in [0.05, 0.1) is 16.4 Å². The predicted molar refractivity (Wildman–Crippen MR) is 113 cm³/mol. The summed E-state index contributed by atoms with van der Waals surface area (Å²) in [6.45, 7) is 6.45. The Balaban J connectivity index is 2.12. The summed E-state index contributed by atoms with van der Waals surface area (Å²) >= 11 is 7.98. The molecular formula is C19H18ClIN2O3. The second-order valence-corrected chi connectivity index (χ2v) is 6.67. The van der Waals surface area contributed by atoms with E-state index in [0.717, 1.165) is 9.13 Å². The van der Waals surface area contributed by atoms with Crippen LogP contribution in [0.1, 0.15) is 22.8 Å². The van der Waals surface area contributed by atoms with Crippen LogP contribution in [-0.2, 0) is 0 Å². The zero-order valence-corrected chi connectivity index (χ0v) is 17.1. The van der Waals surface area contributed by atoms with Crippen LogP contribution in [0.3, 0.4) is 0 Å². The van der Waals surface area contributed by atoms with E-state index in [-0.39, 0.29) is 5.91 Å². The molecule has 7 heteroatoms. The third-order valence-electron chi connectivity index (χ3n) is 3.16. The third-order valence-corrected chi connectivity index (χ3v) is 4.22. The van der Waals surface area contributed by atoms with Crippen molar-refractivity contribution in [1.82, 2.24) is 5.43 Å². The lowest BCUT2D eigenvalue weighted by molar-refractivity contribution is 0.0955. The van der Waals surface area contributed by atoms with Crippen LogP contribution < -0.4 is 14.9 Å². The van der Waals surface area contributed by atoms with E-state index >= 15 is 0 Å². The minimum Gasteiger partial charge on any atom is -0.490 e. The number of hydrogen-bond donors (Lipinski definition) is 1. The molecular weight excluding hydrogens is 467 g/mol. The first-order chi connectivity index (χ1) is 12.5. The molecule has 136 valence electrons. The van der Waals surface area contributed by atoms with E-state index in [1.165, 1.54) is 0 Å². The SMILES string of the molecule is C=CCOc1c(I)cc(/C=N\NC(=O)c2ccc(Cl)cc2)cc1OCC. The maximum atomic E-state index is 12.0. The minimum absolute atomic E-state index is 0.316. The van der Waals surface area contributed by atoms with Crippen molar-refractivity contribution in [3.63, 3.8) is 0 Å². The van der Waals surface area contributed by atoms with Gasteiger partial charge in [0.2, 0.25) is 0 Å². The van der Waals surface area contributed by atoms with Crippen molar-refractivity contribution in [1.29, 1.82) is 0 Å². The van der Waals surface area contributed by atoms with Crippen LogP contribution in [0.2, 0.25) is 5.02 Å². The van der Waals surface area contributed by atoms with Gasteiger partial charge in [0, 0.05) is 10.6 Å². The van der Waals surface area contributed by atoms with Crippen molar-refractivity contribution < 1.29 is 14.3 Å². The molecule has 1 amide bonds. The number of hydrazone groups is 1. The van der Waals surface area contributed by atoms with E-state index in [1.807, 2.05) is 19.1 Å². The lowest BCUT2D eigenvalue weighted by Gasteiger charge is -2.13. The van der Waals surface area contributed by atoms with Crippen LogP contribution in [0.25, 0.3) is 0 Å². The Bertz CT molecular complexity index is 807. The number of halogens is 2. The standard InChI is InChI=1S/C19H18ClIN2O3/c1-3-9-26-18-16(21)10-13(11-17(18)25-4-2)12-22-23-19(24)14-5-7-15(20)8-6-14/h3,5-8,10-12H,1,4,9H2,2H3,(H,23,24)/b22-12-. The van der Waals surface area contributed by atoms with E-state index in [1.54, 1.807) is 36.6 Å². The number of ether oxygens (including phenoxy) is 2. The van der Waals surface area contributed by atoms with Gasteiger partial charge >= 0.3 is 0 Å². The van der Waals surface area contributed by atoms with Gasteiger partial charge < -0.3 is 9.47 Å². The molecule has 0 bridgehead atoms. The Labute approximate surface area is 171 Å². The lowest BCUT2D eigenvalue weighted by atomic mass is 10.2. The number of carbonyl (C=O) groups excluding carboxylic acids is 1. The fourth-order valence-electron chi connectivity index (χ4n) is 2.04. The van der Waals surface area contributed by atoms with Gasteiger partial charge in [0.1, 0.15) is 6.61 Å². The maximum Gasteiger partial charge on any atom is 0.271 e. The van der Waals surface area contributed by atoms with E-state index in [0.29, 0.717) is 35.3 Å². The predicted octanol–water partition coefficient (Wildman–Crippen LogP) is 4.67. The molecule has 0 heterocycles. The summed E-state index contributed by atoms with van der Waals surface area (Å²) in [7, 11) is 0. The van der Waals surface area contributed by atoms with Crippen molar-refractivity contribution in [3.8, 4) is 11.5 Å². The van der Waals surface area contributed by atoms with Crippen molar-refractivity contribution in [3.05, 3.63) is 68.8 Å². The first kappa shape index (κ1) is 20.3.